The Kier molecular flexibility index (Phi) is 4.74. The van der Waals surface area contributed by atoms with Crippen LogP contribution in [0.1, 0.15) is 25.3 Å². The number of nitriles is 1. The second-order valence-corrected chi connectivity index (χ2v) is 3.20. The van der Waals surface area contributed by atoms with Crippen LogP contribution in [0.15, 0.2) is 30.3 Å². The molecule has 0 aliphatic carbocycles. The lowest BCUT2D eigenvalue weighted by Crippen LogP contribution is -2.09. The van der Waals surface area contributed by atoms with Crippen LogP contribution in [0.4, 0.5) is 0 Å². The molecule has 2 heteroatoms. The minimum Gasteiger partial charge on any atom is -0.359 e. The van der Waals surface area contributed by atoms with E-state index in [4.69, 9.17) is 10.00 Å². The summed E-state index contributed by atoms with van der Waals surface area (Å²) in [6, 6.07) is 12.1. The van der Waals surface area contributed by atoms with Crippen molar-refractivity contribution >= 4 is 0 Å². The molecule has 1 aromatic carbocycles. The molecule has 1 unspecified atom stereocenters. The molecule has 0 bridgehead atoms. The summed E-state index contributed by atoms with van der Waals surface area (Å²) < 4.78 is 5.46. The Hall–Kier alpha value is -1.33. The average molecular weight is 189 g/mol. The summed E-state index contributed by atoms with van der Waals surface area (Å²) in [4.78, 5) is 0. The number of hydrogen-bond donors (Lipinski definition) is 0. The highest BCUT2D eigenvalue weighted by Crippen LogP contribution is 2.06. The van der Waals surface area contributed by atoms with Gasteiger partial charge in [-0.3, -0.25) is 0 Å². The minimum atomic E-state index is -0.264. The van der Waals surface area contributed by atoms with Crippen molar-refractivity contribution in [1.82, 2.24) is 0 Å². The van der Waals surface area contributed by atoms with E-state index in [-0.39, 0.29) is 6.10 Å². The summed E-state index contributed by atoms with van der Waals surface area (Å²) >= 11 is 0. The normalized spacial score (nSPS) is 12.0. The molecule has 0 saturated carbocycles. The van der Waals surface area contributed by atoms with Crippen LogP contribution in [0.5, 0.6) is 0 Å². The molecule has 0 amide bonds. The Morgan fingerprint density at radius 1 is 1.36 bits per heavy atom. The van der Waals surface area contributed by atoms with Gasteiger partial charge in [0.05, 0.1) is 12.7 Å². The summed E-state index contributed by atoms with van der Waals surface area (Å²) in [5.41, 5.74) is 1.11. The van der Waals surface area contributed by atoms with E-state index < -0.39 is 0 Å². The predicted octanol–water partition coefficient (Wildman–Crippen LogP) is 2.90. The van der Waals surface area contributed by atoms with Gasteiger partial charge in [0.2, 0.25) is 0 Å². The Bertz CT molecular complexity index is 289. The van der Waals surface area contributed by atoms with E-state index in [0.29, 0.717) is 6.61 Å². The van der Waals surface area contributed by atoms with Gasteiger partial charge in [0.1, 0.15) is 6.10 Å². The van der Waals surface area contributed by atoms with Gasteiger partial charge in [-0.05, 0) is 12.0 Å². The van der Waals surface area contributed by atoms with Gasteiger partial charge in [-0.25, -0.2) is 0 Å². The van der Waals surface area contributed by atoms with Crippen molar-refractivity contribution in [2.75, 3.05) is 0 Å². The summed E-state index contributed by atoms with van der Waals surface area (Å²) in [5.74, 6) is 0. The van der Waals surface area contributed by atoms with Gasteiger partial charge in [0.25, 0.3) is 0 Å². The predicted molar refractivity (Wildman–Crippen MR) is 55.5 cm³/mol. The third-order valence-electron chi connectivity index (χ3n) is 1.99. The molecule has 0 heterocycles. The zero-order chi connectivity index (χ0) is 10.2. The molecule has 0 fully saturated rings. The molecular weight excluding hydrogens is 174 g/mol. The highest BCUT2D eigenvalue weighted by atomic mass is 16.5. The Labute approximate surface area is 85.1 Å². The van der Waals surface area contributed by atoms with Crippen LogP contribution < -0.4 is 0 Å². The van der Waals surface area contributed by atoms with Crippen LogP contribution in [-0.4, -0.2) is 6.10 Å². The third kappa shape index (κ3) is 3.59. The molecule has 0 radical (unpaired) electrons. The minimum absolute atomic E-state index is 0.264. The lowest BCUT2D eigenvalue weighted by Gasteiger charge is -2.08. The van der Waals surface area contributed by atoms with Gasteiger partial charge in [-0.15, -0.1) is 0 Å². The number of hydrogen-bond acceptors (Lipinski definition) is 2. The maximum atomic E-state index is 8.76. The van der Waals surface area contributed by atoms with Crippen LogP contribution in [0.25, 0.3) is 0 Å². The SMILES string of the molecule is CCCC(C#N)OCc1ccccc1. The molecule has 0 N–H and O–H groups in total. The zero-order valence-electron chi connectivity index (χ0n) is 8.44. The standard InChI is InChI=1S/C12H15NO/c1-2-6-12(9-13)14-10-11-7-4-3-5-8-11/h3-5,7-8,12H,2,6,10H2,1H3. The van der Waals surface area contributed by atoms with Crippen LogP contribution in [0, 0.1) is 11.3 Å². The quantitative estimate of drug-likeness (QED) is 0.713. The summed E-state index contributed by atoms with van der Waals surface area (Å²) in [7, 11) is 0. The van der Waals surface area contributed by atoms with Crippen molar-refractivity contribution < 1.29 is 4.74 Å². The summed E-state index contributed by atoms with van der Waals surface area (Å²) in [6.45, 7) is 2.58. The first-order valence-electron chi connectivity index (χ1n) is 4.92. The maximum Gasteiger partial charge on any atom is 0.144 e. The summed E-state index contributed by atoms with van der Waals surface area (Å²) in [6.07, 6.45) is 1.52. The van der Waals surface area contributed by atoms with Crippen molar-refractivity contribution in [2.45, 2.75) is 32.5 Å². The number of ether oxygens (including phenoxy) is 1. The van der Waals surface area contributed by atoms with Crippen molar-refractivity contribution in [3.8, 4) is 6.07 Å². The molecule has 0 aliphatic heterocycles. The van der Waals surface area contributed by atoms with E-state index in [0.717, 1.165) is 18.4 Å². The number of rotatable bonds is 5. The Balaban J connectivity index is 2.37. The lowest BCUT2D eigenvalue weighted by atomic mass is 10.2. The maximum absolute atomic E-state index is 8.76. The molecule has 1 aromatic rings. The average Bonchev–Trinajstić information content (AvgIpc) is 2.25. The first kappa shape index (κ1) is 10.7. The van der Waals surface area contributed by atoms with E-state index in [2.05, 4.69) is 13.0 Å². The largest absolute Gasteiger partial charge is 0.359 e. The summed E-state index contributed by atoms with van der Waals surface area (Å²) in [5, 5.41) is 8.76. The van der Waals surface area contributed by atoms with E-state index in [1.165, 1.54) is 0 Å². The van der Waals surface area contributed by atoms with Crippen LogP contribution >= 0.6 is 0 Å². The van der Waals surface area contributed by atoms with Crippen molar-refractivity contribution in [3.05, 3.63) is 35.9 Å². The van der Waals surface area contributed by atoms with Gasteiger partial charge in [0, 0.05) is 0 Å². The first-order valence-corrected chi connectivity index (χ1v) is 4.92. The smallest absolute Gasteiger partial charge is 0.144 e. The first-order chi connectivity index (χ1) is 6.86. The van der Waals surface area contributed by atoms with Crippen molar-refractivity contribution in [2.24, 2.45) is 0 Å². The van der Waals surface area contributed by atoms with Gasteiger partial charge >= 0.3 is 0 Å². The second kappa shape index (κ2) is 6.17. The van der Waals surface area contributed by atoms with E-state index in [1.807, 2.05) is 30.3 Å². The van der Waals surface area contributed by atoms with Gasteiger partial charge in [-0.2, -0.15) is 5.26 Å². The molecule has 0 aliphatic rings. The molecule has 1 atom stereocenters. The molecular formula is C12H15NO. The van der Waals surface area contributed by atoms with E-state index >= 15 is 0 Å². The Morgan fingerprint density at radius 2 is 2.07 bits per heavy atom. The van der Waals surface area contributed by atoms with Crippen molar-refractivity contribution in [1.29, 1.82) is 5.26 Å². The molecule has 14 heavy (non-hydrogen) atoms. The third-order valence-corrected chi connectivity index (χ3v) is 1.99. The topological polar surface area (TPSA) is 33.0 Å². The van der Waals surface area contributed by atoms with Crippen LogP contribution in [-0.2, 0) is 11.3 Å². The van der Waals surface area contributed by atoms with Gasteiger partial charge < -0.3 is 4.74 Å². The highest BCUT2D eigenvalue weighted by Gasteiger charge is 2.05. The molecule has 1 rings (SSSR count). The lowest BCUT2D eigenvalue weighted by molar-refractivity contribution is 0.0709. The Morgan fingerprint density at radius 3 is 2.64 bits per heavy atom. The van der Waals surface area contributed by atoms with Crippen molar-refractivity contribution in [3.63, 3.8) is 0 Å². The van der Waals surface area contributed by atoms with Crippen LogP contribution in [0.3, 0.4) is 0 Å². The van der Waals surface area contributed by atoms with Crippen LogP contribution in [0.2, 0.25) is 0 Å². The monoisotopic (exact) mass is 189 g/mol. The van der Waals surface area contributed by atoms with E-state index in [9.17, 15) is 0 Å². The molecule has 0 aromatic heterocycles. The van der Waals surface area contributed by atoms with Gasteiger partial charge in [0.15, 0.2) is 0 Å². The fourth-order valence-electron chi connectivity index (χ4n) is 1.22. The fourth-order valence-corrected chi connectivity index (χ4v) is 1.22. The van der Waals surface area contributed by atoms with Gasteiger partial charge in [-0.1, -0.05) is 43.7 Å². The molecule has 0 saturated heterocycles. The molecule has 0 spiro atoms. The van der Waals surface area contributed by atoms with E-state index in [1.54, 1.807) is 0 Å². The zero-order valence-corrected chi connectivity index (χ0v) is 8.44. The second-order valence-electron chi connectivity index (χ2n) is 3.20. The molecule has 74 valence electrons. The highest BCUT2D eigenvalue weighted by molar-refractivity contribution is 5.13. The fraction of sp³-hybridized carbons (Fsp3) is 0.417. The number of benzene rings is 1. The number of nitrogens with zero attached hydrogens (tertiary/aromatic N) is 1. The molecule has 2 nitrogen and oxygen atoms in total.